The molecule has 0 amide bonds. The average molecular weight is 389 g/mol. The van der Waals surface area contributed by atoms with Crippen LogP contribution in [-0.2, 0) is 9.53 Å². The lowest BCUT2D eigenvalue weighted by atomic mass is 10.0. The molecule has 0 fully saturated rings. The molecule has 0 bridgehead atoms. The molecule has 2 aromatic carbocycles. The van der Waals surface area contributed by atoms with Crippen LogP contribution in [0.25, 0.3) is 11.0 Å². The number of carbonyl (C=O) groups is 1. The van der Waals surface area contributed by atoms with E-state index in [-0.39, 0.29) is 17.8 Å². The Bertz CT molecular complexity index is 939. The number of aromatic nitrogens is 2. The maximum Gasteiger partial charge on any atom is 0.303 e. The Kier molecular flexibility index (Phi) is 3.64. The predicted octanol–water partition coefficient (Wildman–Crippen LogP) is 4.54. The lowest BCUT2D eigenvalue weighted by Gasteiger charge is -2.15. The van der Waals surface area contributed by atoms with Gasteiger partial charge in [0, 0.05) is 19.4 Å². The van der Waals surface area contributed by atoms with Crippen LogP contribution in [0.1, 0.15) is 36.9 Å². The Labute approximate surface area is 146 Å². The van der Waals surface area contributed by atoms with Gasteiger partial charge in [-0.15, -0.1) is 0 Å². The number of rotatable bonds is 2. The summed E-state index contributed by atoms with van der Waals surface area (Å²) in [5.41, 5.74) is 2.48. The molecule has 2 heterocycles. The van der Waals surface area contributed by atoms with E-state index in [0.29, 0.717) is 22.2 Å². The summed E-state index contributed by atoms with van der Waals surface area (Å²) in [7, 11) is 0. The van der Waals surface area contributed by atoms with Gasteiger partial charge in [0.15, 0.2) is 11.9 Å². The highest BCUT2D eigenvalue weighted by Crippen LogP contribution is 2.43. The summed E-state index contributed by atoms with van der Waals surface area (Å²) < 4.78 is 21.7. The fourth-order valence-electron chi connectivity index (χ4n) is 3.34. The minimum absolute atomic E-state index is 0.00656. The number of esters is 1. The van der Waals surface area contributed by atoms with Crippen LogP contribution < -0.4 is 0 Å². The van der Waals surface area contributed by atoms with Crippen molar-refractivity contribution in [3.63, 3.8) is 0 Å². The van der Waals surface area contributed by atoms with E-state index in [9.17, 15) is 9.18 Å². The van der Waals surface area contributed by atoms with E-state index in [2.05, 4.69) is 20.9 Å². The van der Waals surface area contributed by atoms with Gasteiger partial charge in [-0.3, -0.25) is 4.79 Å². The molecule has 3 aromatic rings. The van der Waals surface area contributed by atoms with Crippen molar-refractivity contribution in [1.29, 1.82) is 0 Å². The van der Waals surface area contributed by atoms with Gasteiger partial charge in [0.05, 0.1) is 21.5 Å². The molecule has 6 heteroatoms. The van der Waals surface area contributed by atoms with Gasteiger partial charge < -0.3 is 9.30 Å². The van der Waals surface area contributed by atoms with Crippen molar-refractivity contribution >= 4 is 32.9 Å². The minimum atomic E-state index is -0.429. The minimum Gasteiger partial charge on any atom is -0.454 e. The average Bonchev–Trinajstić information content (AvgIpc) is 3.07. The third-order valence-corrected chi connectivity index (χ3v) is 4.90. The van der Waals surface area contributed by atoms with Crippen molar-refractivity contribution in [1.82, 2.24) is 9.55 Å². The highest BCUT2D eigenvalue weighted by Gasteiger charge is 2.37. The monoisotopic (exact) mass is 388 g/mol. The largest absolute Gasteiger partial charge is 0.454 e. The molecular formula is C18H14BrFN2O2. The van der Waals surface area contributed by atoms with Gasteiger partial charge in [0.2, 0.25) is 0 Å². The summed E-state index contributed by atoms with van der Waals surface area (Å²) >= 11 is 3.24. The molecule has 1 aliphatic rings. The molecule has 4 rings (SSSR count). The number of ether oxygens (including phenoxy) is 1. The number of imidazole rings is 1. The molecule has 0 radical (unpaired) electrons. The van der Waals surface area contributed by atoms with Crippen molar-refractivity contribution in [3.8, 4) is 0 Å². The van der Waals surface area contributed by atoms with Gasteiger partial charge in [-0.25, -0.2) is 9.37 Å². The second-order valence-corrected chi connectivity index (χ2v) is 6.71. The summed E-state index contributed by atoms with van der Waals surface area (Å²) in [5.74, 6) is -0.0502. The maximum absolute atomic E-state index is 13.9. The zero-order chi connectivity index (χ0) is 16.8. The molecule has 122 valence electrons. The third kappa shape index (κ3) is 2.41. The molecule has 4 nitrogen and oxygen atoms in total. The van der Waals surface area contributed by atoms with Crippen molar-refractivity contribution in [2.75, 3.05) is 0 Å². The van der Waals surface area contributed by atoms with Gasteiger partial charge in [0.25, 0.3) is 0 Å². The quantitative estimate of drug-likeness (QED) is 0.605. The first-order chi connectivity index (χ1) is 11.5. The lowest BCUT2D eigenvalue weighted by molar-refractivity contribution is -0.146. The summed E-state index contributed by atoms with van der Waals surface area (Å²) in [6, 6.07) is 13.1. The Balaban J connectivity index is 1.92. The normalized spacial score (nSPS) is 19.5. The molecule has 0 saturated heterocycles. The molecule has 24 heavy (non-hydrogen) atoms. The number of hydrogen-bond donors (Lipinski definition) is 0. The van der Waals surface area contributed by atoms with Crippen LogP contribution in [0.3, 0.4) is 0 Å². The summed E-state index contributed by atoms with van der Waals surface area (Å²) in [4.78, 5) is 16.0. The van der Waals surface area contributed by atoms with E-state index in [1.165, 1.54) is 13.0 Å². The van der Waals surface area contributed by atoms with Crippen molar-refractivity contribution < 1.29 is 13.9 Å². The first-order valence-electron chi connectivity index (χ1n) is 7.63. The van der Waals surface area contributed by atoms with E-state index in [0.717, 1.165) is 11.1 Å². The topological polar surface area (TPSA) is 44.1 Å². The van der Waals surface area contributed by atoms with E-state index < -0.39 is 6.10 Å². The molecule has 0 spiro atoms. The Hall–Kier alpha value is -2.21. The molecule has 2 unspecified atom stereocenters. The number of fused-ring (bicyclic) bond motifs is 3. The van der Waals surface area contributed by atoms with Gasteiger partial charge in [-0.05, 0) is 27.6 Å². The lowest BCUT2D eigenvalue weighted by Crippen LogP contribution is -2.06. The zero-order valence-electron chi connectivity index (χ0n) is 12.9. The highest BCUT2D eigenvalue weighted by atomic mass is 79.9. The molecule has 0 aliphatic carbocycles. The molecule has 1 aliphatic heterocycles. The maximum atomic E-state index is 13.9. The number of hydrogen-bond acceptors (Lipinski definition) is 3. The molecule has 1 aromatic heterocycles. The summed E-state index contributed by atoms with van der Waals surface area (Å²) in [6.45, 7) is 1.39. The van der Waals surface area contributed by atoms with Crippen LogP contribution in [-0.4, -0.2) is 15.5 Å². The molecule has 0 N–H and O–H groups in total. The number of nitrogens with zero attached hydrogens (tertiary/aromatic N) is 2. The first-order valence-corrected chi connectivity index (χ1v) is 8.43. The fraction of sp³-hybridized carbons (Fsp3) is 0.222. The highest BCUT2D eigenvalue weighted by molar-refractivity contribution is 9.10. The van der Waals surface area contributed by atoms with Crippen molar-refractivity contribution in [3.05, 3.63) is 64.1 Å². The zero-order valence-corrected chi connectivity index (χ0v) is 14.5. The first kappa shape index (κ1) is 15.3. The van der Waals surface area contributed by atoms with Crippen LogP contribution in [0.2, 0.25) is 0 Å². The smallest absolute Gasteiger partial charge is 0.303 e. The van der Waals surface area contributed by atoms with E-state index in [4.69, 9.17) is 4.74 Å². The van der Waals surface area contributed by atoms with Gasteiger partial charge in [0.1, 0.15) is 5.82 Å². The van der Waals surface area contributed by atoms with Crippen LogP contribution in [0.5, 0.6) is 0 Å². The molecule has 2 atom stereocenters. The van der Waals surface area contributed by atoms with Crippen LogP contribution >= 0.6 is 15.9 Å². The Morgan fingerprint density at radius 1 is 1.33 bits per heavy atom. The standard InChI is InChI=1S/C18H14BrFN2O2/c1-10(23)24-17-9-15(11-5-3-2-4-6-11)22-16-7-12(19)13(20)8-14(16)21-18(17)22/h2-8,15,17H,9H2,1H3. The third-order valence-electron chi connectivity index (χ3n) is 4.29. The van der Waals surface area contributed by atoms with Gasteiger partial charge >= 0.3 is 5.97 Å². The van der Waals surface area contributed by atoms with E-state index in [1.54, 1.807) is 6.07 Å². The second-order valence-electron chi connectivity index (χ2n) is 5.86. The van der Waals surface area contributed by atoms with Crippen molar-refractivity contribution in [2.24, 2.45) is 0 Å². The number of halogens is 2. The van der Waals surface area contributed by atoms with Crippen LogP contribution in [0, 0.1) is 5.82 Å². The SMILES string of the molecule is CC(=O)OC1CC(c2ccccc2)n2c1nc1cc(F)c(Br)cc12. The Morgan fingerprint density at radius 3 is 2.79 bits per heavy atom. The van der Waals surface area contributed by atoms with Gasteiger partial charge in [-0.2, -0.15) is 0 Å². The molecular weight excluding hydrogens is 375 g/mol. The summed E-state index contributed by atoms with van der Waals surface area (Å²) in [6.07, 6.45) is 0.193. The van der Waals surface area contributed by atoms with E-state index >= 15 is 0 Å². The fourth-order valence-corrected chi connectivity index (χ4v) is 3.67. The number of benzene rings is 2. The number of carbonyl (C=O) groups excluding carboxylic acids is 1. The van der Waals surface area contributed by atoms with Crippen LogP contribution in [0.4, 0.5) is 4.39 Å². The van der Waals surface area contributed by atoms with Crippen LogP contribution in [0.15, 0.2) is 46.9 Å². The Morgan fingerprint density at radius 2 is 2.08 bits per heavy atom. The van der Waals surface area contributed by atoms with E-state index in [1.807, 2.05) is 34.9 Å². The van der Waals surface area contributed by atoms with Gasteiger partial charge in [-0.1, -0.05) is 30.3 Å². The second kappa shape index (κ2) is 5.70. The predicted molar refractivity (Wildman–Crippen MR) is 91.1 cm³/mol. The van der Waals surface area contributed by atoms with Crippen molar-refractivity contribution in [2.45, 2.75) is 25.5 Å². The summed E-state index contributed by atoms with van der Waals surface area (Å²) in [5, 5.41) is 0. The molecule has 0 saturated carbocycles.